The van der Waals surface area contributed by atoms with Gasteiger partial charge in [0, 0.05) is 6.54 Å². The van der Waals surface area contributed by atoms with Crippen LogP contribution in [0.5, 0.6) is 0 Å². The number of hydrogen-bond donors (Lipinski definition) is 2. The largest absolute Gasteiger partial charge is 0.309 e. The zero-order valence-electron chi connectivity index (χ0n) is 11.2. The van der Waals surface area contributed by atoms with Gasteiger partial charge >= 0.3 is 0 Å². The summed E-state index contributed by atoms with van der Waals surface area (Å²) in [5.74, 6) is 0.739. The van der Waals surface area contributed by atoms with Gasteiger partial charge in [-0.2, -0.15) is 0 Å². The highest BCUT2D eigenvalue weighted by atomic mass is 32.1. The number of thiophene rings is 1. The number of hydrogen-bond acceptors (Lipinski definition) is 4. The number of aromatic amines is 1. The lowest BCUT2D eigenvalue weighted by molar-refractivity contribution is 0.418. The van der Waals surface area contributed by atoms with Gasteiger partial charge in [0.1, 0.15) is 10.5 Å². The van der Waals surface area contributed by atoms with E-state index in [0.717, 1.165) is 17.9 Å². The molecule has 1 fully saturated rings. The minimum absolute atomic E-state index is 0.0218. The van der Waals surface area contributed by atoms with Gasteiger partial charge in [0.2, 0.25) is 0 Å². The lowest BCUT2D eigenvalue weighted by Crippen LogP contribution is -2.25. The molecule has 1 aliphatic rings. The summed E-state index contributed by atoms with van der Waals surface area (Å²) < 4.78 is 0.716. The van der Waals surface area contributed by atoms with E-state index in [9.17, 15) is 4.79 Å². The Bertz CT molecular complexity index is 627. The minimum atomic E-state index is -0.0218. The van der Waals surface area contributed by atoms with E-state index in [4.69, 9.17) is 0 Å². The molecule has 3 rings (SSSR count). The van der Waals surface area contributed by atoms with Crippen LogP contribution in [0.3, 0.4) is 0 Å². The lowest BCUT2D eigenvalue weighted by atomic mass is 10.0. The lowest BCUT2D eigenvalue weighted by Gasteiger charge is -2.14. The van der Waals surface area contributed by atoms with Crippen molar-refractivity contribution in [2.24, 2.45) is 5.41 Å². The number of nitrogens with one attached hydrogen (secondary N) is 2. The number of aromatic nitrogens is 2. The molecule has 0 aliphatic heterocycles. The first kappa shape index (κ1) is 12.8. The van der Waals surface area contributed by atoms with Gasteiger partial charge in [0.15, 0.2) is 0 Å². The number of H-pyrrole nitrogens is 1. The van der Waals surface area contributed by atoms with Crippen LogP contribution >= 0.6 is 11.3 Å². The summed E-state index contributed by atoms with van der Waals surface area (Å²) in [6, 6.07) is 1.90. The van der Waals surface area contributed by atoms with Gasteiger partial charge in [-0.25, -0.2) is 4.98 Å². The second-order valence-corrected chi connectivity index (χ2v) is 6.42. The van der Waals surface area contributed by atoms with E-state index in [0.29, 0.717) is 16.7 Å². The van der Waals surface area contributed by atoms with Crippen molar-refractivity contribution in [2.75, 3.05) is 6.54 Å². The third kappa shape index (κ3) is 2.72. The van der Waals surface area contributed by atoms with Gasteiger partial charge in [-0.05, 0) is 36.1 Å². The van der Waals surface area contributed by atoms with Crippen molar-refractivity contribution in [2.45, 2.75) is 39.2 Å². The van der Waals surface area contributed by atoms with E-state index in [1.54, 1.807) is 0 Å². The highest BCUT2D eigenvalue weighted by molar-refractivity contribution is 7.17. The number of nitrogens with zero attached hydrogens (tertiary/aromatic N) is 1. The van der Waals surface area contributed by atoms with Gasteiger partial charge in [-0.15, -0.1) is 11.3 Å². The molecular formula is C14H19N3OS. The fourth-order valence-electron chi connectivity index (χ4n) is 2.67. The van der Waals surface area contributed by atoms with E-state index < -0.39 is 0 Å². The molecule has 0 bridgehead atoms. The first-order valence-electron chi connectivity index (χ1n) is 6.90. The monoisotopic (exact) mass is 277 g/mol. The zero-order chi connectivity index (χ0) is 13.3. The van der Waals surface area contributed by atoms with E-state index >= 15 is 0 Å². The van der Waals surface area contributed by atoms with Crippen molar-refractivity contribution in [3.8, 4) is 0 Å². The second-order valence-electron chi connectivity index (χ2n) is 5.50. The summed E-state index contributed by atoms with van der Waals surface area (Å²) >= 11 is 1.44. The van der Waals surface area contributed by atoms with Crippen molar-refractivity contribution in [1.29, 1.82) is 0 Å². The molecular weight excluding hydrogens is 258 g/mol. The van der Waals surface area contributed by atoms with Crippen LogP contribution in [0.15, 0.2) is 16.2 Å². The maximum atomic E-state index is 11.8. The topological polar surface area (TPSA) is 57.8 Å². The molecule has 19 heavy (non-hydrogen) atoms. The molecule has 4 nitrogen and oxygen atoms in total. The molecule has 2 aromatic heterocycles. The summed E-state index contributed by atoms with van der Waals surface area (Å²) in [6.07, 6.45) is 5.22. The van der Waals surface area contributed by atoms with Gasteiger partial charge in [-0.1, -0.05) is 13.3 Å². The Labute approximate surface area is 116 Å². The van der Waals surface area contributed by atoms with Crippen molar-refractivity contribution >= 4 is 21.6 Å². The summed E-state index contributed by atoms with van der Waals surface area (Å²) in [7, 11) is 0. The third-order valence-corrected chi connectivity index (χ3v) is 4.80. The number of rotatable bonds is 6. The quantitative estimate of drug-likeness (QED) is 0.853. The molecule has 0 unspecified atom stereocenters. The molecule has 0 amide bonds. The Morgan fingerprint density at radius 1 is 1.53 bits per heavy atom. The molecule has 0 saturated heterocycles. The average Bonchev–Trinajstić information content (AvgIpc) is 2.97. The Balaban J connectivity index is 1.64. The highest BCUT2D eigenvalue weighted by Gasteiger charge is 2.40. The molecule has 1 saturated carbocycles. The fraction of sp³-hybridized carbons (Fsp3) is 0.571. The van der Waals surface area contributed by atoms with Crippen molar-refractivity contribution in [1.82, 2.24) is 15.3 Å². The van der Waals surface area contributed by atoms with Crippen LogP contribution in [0.1, 0.15) is 38.4 Å². The van der Waals surface area contributed by atoms with E-state index in [2.05, 4.69) is 22.2 Å². The van der Waals surface area contributed by atoms with Crippen LogP contribution in [-0.2, 0) is 6.54 Å². The first-order valence-corrected chi connectivity index (χ1v) is 7.77. The minimum Gasteiger partial charge on any atom is -0.309 e. The van der Waals surface area contributed by atoms with Gasteiger partial charge < -0.3 is 10.3 Å². The molecule has 0 spiro atoms. The Kier molecular flexibility index (Phi) is 3.41. The average molecular weight is 277 g/mol. The first-order chi connectivity index (χ1) is 9.22. The zero-order valence-corrected chi connectivity index (χ0v) is 12.0. The predicted molar refractivity (Wildman–Crippen MR) is 78.5 cm³/mol. The molecule has 0 radical (unpaired) electrons. The van der Waals surface area contributed by atoms with E-state index in [1.165, 1.54) is 37.0 Å². The molecule has 5 heteroatoms. The molecule has 1 aliphatic carbocycles. The maximum Gasteiger partial charge on any atom is 0.268 e. The summed E-state index contributed by atoms with van der Waals surface area (Å²) in [5, 5.41) is 5.35. The van der Waals surface area contributed by atoms with Crippen molar-refractivity contribution in [3.05, 3.63) is 27.6 Å². The number of fused-ring (bicyclic) bond motifs is 1. The van der Waals surface area contributed by atoms with Crippen molar-refractivity contribution in [3.63, 3.8) is 0 Å². The maximum absolute atomic E-state index is 11.8. The van der Waals surface area contributed by atoms with Crippen LogP contribution in [0.25, 0.3) is 10.2 Å². The smallest absolute Gasteiger partial charge is 0.268 e. The van der Waals surface area contributed by atoms with E-state index in [-0.39, 0.29) is 5.56 Å². The molecule has 0 atom stereocenters. The van der Waals surface area contributed by atoms with Crippen LogP contribution in [0, 0.1) is 5.41 Å². The Morgan fingerprint density at radius 2 is 2.37 bits per heavy atom. The molecule has 102 valence electrons. The van der Waals surface area contributed by atoms with Gasteiger partial charge in [0.05, 0.1) is 12.1 Å². The van der Waals surface area contributed by atoms with Crippen molar-refractivity contribution < 1.29 is 0 Å². The summed E-state index contributed by atoms with van der Waals surface area (Å²) in [4.78, 5) is 19.2. The third-order valence-electron chi connectivity index (χ3n) is 3.89. The molecule has 2 N–H and O–H groups in total. The fourth-order valence-corrected chi connectivity index (χ4v) is 3.40. The highest BCUT2D eigenvalue weighted by Crippen LogP contribution is 2.48. The Hall–Kier alpha value is -1.20. The van der Waals surface area contributed by atoms with Crippen LogP contribution < -0.4 is 10.9 Å². The normalized spacial score (nSPS) is 16.9. The molecule has 2 heterocycles. The van der Waals surface area contributed by atoms with Crippen LogP contribution in [0.4, 0.5) is 0 Å². The standard InChI is InChI=1S/C14H19N3OS/c1-2-4-14(5-6-14)9-15-8-11-16-10-3-7-19-12(10)13(18)17-11/h3,7,15H,2,4-6,8-9H2,1H3,(H,16,17,18). The van der Waals surface area contributed by atoms with Gasteiger partial charge in [-0.3, -0.25) is 4.79 Å². The summed E-state index contributed by atoms with van der Waals surface area (Å²) in [6.45, 7) is 3.92. The molecule has 2 aromatic rings. The molecule has 0 aromatic carbocycles. The van der Waals surface area contributed by atoms with Crippen LogP contribution in [-0.4, -0.2) is 16.5 Å². The van der Waals surface area contributed by atoms with Crippen LogP contribution in [0.2, 0.25) is 0 Å². The van der Waals surface area contributed by atoms with Gasteiger partial charge in [0.25, 0.3) is 5.56 Å². The predicted octanol–water partition coefficient (Wildman–Crippen LogP) is 2.65. The SMILES string of the molecule is CCCC1(CNCc2nc3ccsc3c(=O)[nH]2)CC1. The Morgan fingerprint density at radius 3 is 3.11 bits per heavy atom. The summed E-state index contributed by atoms with van der Waals surface area (Å²) in [5.41, 5.74) is 1.31. The van der Waals surface area contributed by atoms with E-state index in [1.807, 2.05) is 11.4 Å². The second kappa shape index (κ2) is 5.06.